The van der Waals surface area contributed by atoms with E-state index in [4.69, 9.17) is 0 Å². The minimum Gasteiger partial charge on any atom is -0.0991 e. The van der Waals surface area contributed by atoms with Crippen LogP contribution in [-0.2, 0) is 0 Å². The van der Waals surface area contributed by atoms with Crippen molar-refractivity contribution in [2.24, 2.45) is 5.92 Å². The molecule has 0 saturated carbocycles. The molecule has 0 heterocycles. The van der Waals surface area contributed by atoms with Crippen molar-refractivity contribution in [2.45, 2.75) is 48.0 Å². The van der Waals surface area contributed by atoms with Crippen LogP contribution in [0, 0.1) is 5.92 Å². The maximum absolute atomic E-state index is 3.63. The first-order chi connectivity index (χ1) is 6.58. The third kappa shape index (κ3) is 30.3. The van der Waals surface area contributed by atoms with Gasteiger partial charge < -0.3 is 0 Å². The third-order valence-electron chi connectivity index (χ3n) is 1.00. The molecule has 0 unspecified atom stereocenters. The van der Waals surface area contributed by atoms with Crippen LogP contribution in [0.3, 0.4) is 0 Å². The molecule has 0 amide bonds. The molecule has 0 aromatic carbocycles. The molecule has 0 radical (unpaired) electrons. The lowest BCUT2D eigenvalue weighted by Crippen LogP contribution is -1.68. The van der Waals surface area contributed by atoms with E-state index in [1.54, 1.807) is 6.08 Å². The monoisotopic (exact) mass is 196 g/mol. The summed E-state index contributed by atoms with van der Waals surface area (Å²) < 4.78 is 0. The molecule has 84 valence electrons. The second-order valence-corrected chi connectivity index (χ2v) is 3.27. The summed E-state index contributed by atoms with van der Waals surface area (Å²) in [6, 6.07) is 0. The quantitative estimate of drug-likeness (QED) is 0.531. The van der Waals surface area contributed by atoms with Crippen LogP contribution in [0.4, 0.5) is 0 Å². The summed E-state index contributed by atoms with van der Waals surface area (Å²) in [5, 5.41) is 0. The van der Waals surface area contributed by atoms with Gasteiger partial charge in [0.25, 0.3) is 0 Å². The fraction of sp³-hybridized carbons (Fsp3) is 0.571. The van der Waals surface area contributed by atoms with Gasteiger partial charge in [0.15, 0.2) is 0 Å². The topological polar surface area (TPSA) is 0 Å². The van der Waals surface area contributed by atoms with Gasteiger partial charge in [-0.25, -0.2) is 0 Å². The Balaban J connectivity index is -0.000000170. The molecule has 0 aromatic heterocycles. The molecular weight excluding hydrogens is 168 g/mol. The lowest BCUT2D eigenvalue weighted by atomic mass is 10.2. The van der Waals surface area contributed by atoms with Gasteiger partial charge >= 0.3 is 0 Å². The highest BCUT2D eigenvalue weighted by Crippen LogP contribution is 1.99. The molecule has 0 N–H and O–H groups in total. The molecule has 0 atom stereocenters. The van der Waals surface area contributed by atoms with E-state index in [2.05, 4.69) is 40.9 Å². The van der Waals surface area contributed by atoms with Gasteiger partial charge in [0, 0.05) is 0 Å². The first-order valence-electron chi connectivity index (χ1n) is 5.52. The van der Waals surface area contributed by atoms with Crippen LogP contribution in [-0.4, -0.2) is 0 Å². The number of rotatable bonds is 3. The van der Waals surface area contributed by atoms with Crippen molar-refractivity contribution in [3.63, 3.8) is 0 Å². The van der Waals surface area contributed by atoms with Crippen LogP contribution < -0.4 is 0 Å². The van der Waals surface area contributed by atoms with E-state index in [1.165, 1.54) is 5.57 Å². The average Bonchev–Trinajstić information content (AvgIpc) is 2.16. The van der Waals surface area contributed by atoms with Crippen LogP contribution >= 0.6 is 0 Å². The normalized spacial score (nSPS) is 9.21. The van der Waals surface area contributed by atoms with Gasteiger partial charge in [-0.15, -0.1) is 0 Å². The fourth-order valence-corrected chi connectivity index (χ4v) is 0.482. The molecule has 0 aliphatic carbocycles. The van der Waals surface area contributed by atoms with Crippen LogP contribution in [0.15, 0.2) is 37.0 Å². The van der Waals surface area contributed by atoms with Gasteiger partial charge in [0.1, 0.15) is 0 Å². The van der Waals surface area contributed by atoms with Crippen molar-refractivity contribution in [1.29, 1.82) is 0 Å². The first kappa shape index (κ1) is 18.9. The van der Waals surface area contributed by atoms with Gasteiger partial charge in [-0.05, 0) is 17.9 Å². The summed E-state index contributed by atoms with van der Waals surface area (Å²) in [4.78, 5) is 0. The maximum atomic E-state index is 3.63. The highest BCUT2D eigenvalue weighted by Gasteiger charge is 1.79. The zero-order valence-electron chi connectivity index (χ0n) is 10.9. The van der Waals surface area contributed by atoms with Crippen LogP contribution in [0.5, 0.6) is 0 Å². The third-order valence-corrected chi connectivity index (χ3v) is 1.00. The zero-order chi connectivity index (χ0) is 12.0. The van der Waals surface area contributed by atoms with E-state index in [-0.39, 0.29) is 0 Å². The van der Waals surface area contributed by atoms with Gasteiger partial charge in [0.2, 0.25) is 0 Å². The molecule has 0 nitrogen and oxygen atoms in total. The van der Waals surface area contributed by atoms with E-state index >= 15 is 0 Å². The molecule has 0 spiro atoms. The van der Waals surface area contributed by atoms with Gasteiger partial charge in [-0.3, -0.25) is 0 Å². The van der Waals surface area contributed by atoms with Crippen molar-refractivity contribution < 1.29 is 0 Å². The smallest absolute Gasteiger partial charge is 0.0308 e. The minimum absolute atomic E-state index is 0.833. The van der Waals surface area contributed by atoms with Crippen LogP contribution in [0.25, 0.3) is 0 Å². The molecular formula is C14H28. The first-order valence-corrected chi connectivity index (χ1v) is 5.52. The number of hydrogen-bond acceptors (Lipinski definition) is 0. The van der Waals surface area contributed by atoms with Crippen molar-refractivity contribution >= 4 is 0 Å². The molecule has 0 aromatic rings. The molecule has 0 rings (SSSR count). The van der Waals surface area contributed by atoms with Crippen molar-refractivity contribution in [1.82, 2.24) is 0 Å². The Morgan fingerprint density at radius 1 is 1.14 bits per heavy atom. The summed E-state index contributed by atoms with van der Waals surface area (Å²) in [6.07, 6.45) is 6.63. The largest absolute Gasteiger partial charge is 0.0991 e. The Morgan fingerprint density at radius 2 is 1.50 bits per heavy atom. The van der Waals surface area contributed by atoms with E-state index in [1.807, 2.05) is 26.0 Å². The van der Waals surface area contributed by atoms with Crippen LogP contribution in [0.1, 0.15) is 48.0 Å². The molecule has 0 aliphatic heterocycles. The van der Waals surface area contributed by atoms with Gasteiger partial charge in [0.05, 0.1) is 0 Å². The lowest BCUT2D eigenvalue weighted by Gasteiger charge is -1.89. The SMILES string of the molecule is C=C/C=C(\C=C)CC.CC.CC(C)C. The summed E-state index contributed by atoms with van der Waals surface area (Å²) in [6.45, 7) is 19.8. The lowest BCUT2D eigenvalue weighted by molar-refractivity contribution is 0.737. The highest BCUT2D eigenvalue weighted by molar-refractivity contribution is 5.20. The molecule has 0 saturated heterocycles. The molecule has 14 heavy (non-hydrogen) atoms. The Bertz CT molecular complexity index is 135. The molecule has 0 fully saturated rings. The molecule has 0 bridgehead atoms. The summed E-state index contributed by atoms with van der Waals surface area (Å²) in [5.74, 6) is 0.833. The van der Waals surface area contributed by atoms with Gasteiger partial charge in [-0.1, -0.05) is 72.9 Å². The Morgan fingerprint density at radius 3 is 1.57 bits per heavy atom. The summed E-state index contributed by atoms with van der Waals surface area (Å²) in [5.41, 5.74) is 1.24. The highest BCUT2D eigenvalue weighted by atomic mass is 13.8. The van der Waals surface area contributed by atoms with E-state index in [9.17, 15) is 0 Å². The predicted octanol–water partition coefficient (Wildman–Crippen LogP) is 5.38. The summed E-state index contributed by atoms with van der Waals surface area (Å²) >= 11 is 0. The Kier molecular flexibility index (Phi) is 24.4. The van der Waals surface area contributed by atoms with E-state index < -0.39 is 0 Å². The second kappa shape index (κ2) is 18.1. The average molecular weight is 196 g/mol. The van der Waals surface area contributed by atoms with Crippen molar-refractivity contribution in [3.05, 3.63) is 37.0 Å². The summed E-state index contributed by atoms with van der Waals surface area (Å²) in [7, 11) is 0. The van der Waals surface area contributed by atoms with Crippen molar-refractivity contribution in [3.8, 4) is 0 Å². The Labute approximate surface area is 91.4 Å². The predicted molar refractivity (Wildman–Crippen MR) is 70.6 cm³/mol. The zero-order valence-corrected chi connectivity index (χ0v) is 10.9. The van der Waals surface area contributed by atoms with Crippen LogP contribution in [0.2, 0.25) is 0 Å². The fourth-order valence-electron chi connectivity index (χ4n) is 0.482. The van der Waals surface area contributed by atoms with E-state index in [0.717, 1.165) is 12.3 Å². The standard InChI is InChI=1S/C8H12.C4H10.C2H6/c1-4-7-8(5-2)6-3;1-4(2)3;1-2/h4-5,7H,1-2,6H2,3H3;4H,1-3H3;1-2H3/b8-7+;;. The molecule has 0 heteroatoms. The van der Waals surface area contributed by atoms with E-state index in [0.29, 0.717) is 0 Å². The maximum Gasteiger partial charge on any atom is -0.0308 e. The number of allylic oxidation sites excluding steroid dienone is 4. The number of hydrogen-bond donors (Lipinski definition) is 0. The van der Waals surface area contributed by atoms with Gasteiger partial charge in [-0.2, -0.15) is 0 Å². The second-order valence-electron chi connectivity index (χ2n) is 3.27. The van der Waals surface area contributed by atoms with Crippen molar-refractivity contribution in [2.75, 3.05) is 0 Å². The Hall–Kier alpha value is -0.780. The minimum atomic E-state index is 0.833. The molecule has 0 aliphatic rings.